The third kappa shape index (κ3) is 3.35. The van der Waals surface area contributed by atoms with Gasteiger partial charge in [-0.15, -0.1) is 0 Å². The van der Waals surface area contributed by atoms with Gasteiger partial charge in [0.15, 0.2) is 0 Å². The maximum Gasteiger partial charge on any atom is 0.587 e. The topological polar surface area (TPSA) is 65.0 Å². The molecule has 4 aromatic carbocycles. The molecule has 0 aromatic heterocycles. The van der Waals surface area contributed by atoms with Crippen LogP contribution in [0.4, 0.5) is 0 Å². The minimum atomic E-state index is -3.90. The van der Waals surface area contributed by atoms with Gasteiger partial charge < -0.3 is 14.2 Å². The summed E-state index contributed by atoms with van der Waals surface area (Å²) < 4.78 is 30.9. The summed E-state index contributed by atoms with van der Waals surface area (Å²) >= 11 is 0. The van der Waals surface area contributed by atoms with Crippen LogP contribution in [-0.2, 0) is 9.09 Å². The summed E-state index contributed by atoms with van der Waals surface area (Å²) in [5.74, 6) is 0.934. The van der Waals surface area contributed by atoms with Gasteiger partial charge >= 0.3 is 7.82 Å². The van der Waals surface area contributed by atoms with Crippen LogP contribution in [0.2, 0.25) is 0 Å². The van der Waals surface area contributed by atoms with Crippen LogP contribution >= 0.6 is 7.82 Å². The molecule has 6 heteroatoms. The first-order valence-electron chi connectivity index (χ1n) is 9.97. The number of hydrogen-bond donors (Lipinski definition) is 1. The Hall–Kier alpha value is -2.85. The Balaban J connectivity index is 1.75. The Bertz CT molecular complexity index is 1190. The van der Waals surface area contributed by atoms with E-state index in [0.717, 1.165) is 32.7 Å². The number of aliphatic hydroxyl groups is 1. The minimum absolute atomic E-state index is 0.0546. The first-order chi connectivity index (χ1) is 14.7. The molecular weight excluding hydrogens is 399 g/mol. The lowest BCUT2D eigenvalue weighted by Crippen LogP contribution is -2.05. The molecule has 1 N–H and O–H groups in total. The van der Waals surface area contributed by atoms with Gasteiger partial charge in [0.05, 0.1) is 6.61 Å². The van der Waals surface area contributed by atoms with Crippen molar-refractivity contribution in [2.75, 3.05) is 13.2 Å². The van der Waals surface area contributed by atoms with Gasteiger partial charge in [-0.3, -0.25) is 4.52 Å². The Morgan fingerprint density at radius 2 is 1.27 bits per heavy atom. The van der Waals surface area contributed by atoms with E-state index in [4.69, 9.17) is 18.7 Å². The van der Waals surface area contributed by atoms with E-state index in [1.807, 2.05) is 72.8 Å². The third-order valence-electron chi connectivity index (χ3n) is 5.25. The van der Waals surface area contributed by atoms with Crippen molar-refractivity contribution in [3.8, 4) is 22.6 Å². The molecular formula is C24H21O5P. The Kier molecular flexibility index (Phi) is 4.95. The maximum atomic E-state index is 13.5. The number of hydrogen-bond acceptors (Lipinski definition) is 5. The fourth-order valence-corrected chi connectivity index (χ4v) is 5.15. The SMILES string of the molecule is O=P1(OCCCCO)Oc2ccc3ccccc3c2-c2c(ccc3ccccc23)O1. The Morgan fingerprint density at radius 3 is 1.80 bits per heavy atom. The highest BCUT2D eigenvalue weighted by atomic mass is 31.2. The molecule has 4 aromatic rings. The van der Waals surface area contributed by atoms with E-state index in [1.165, 1.54) is 0 Å². The first kappa shape index (κ1) is 19.1. The van der Waals surface area contributed by atoms with Gasteiger partial charge in [-0.05, 0) is 46.5 Å². The predicted molar refractivity (Wildman–Crippen MR) is 118 cm³/mol. The summed E-state index contributed by atoms with van der Waals surface area (Å²) in [6, 6.07) is 23.6. The zero-order valence-electron chi connectivity index (χ0n) is 16.3. The standard InChI is InChI=1S/C24H21O5P/c25-15-5-6-16-27-30(26)28-21-13-11-17-7-1-3-9-19(17)23(21)24-20-10-4-2-8-18(20)12-14-22(24)29-30/h1-4,7-14,25H,5-6,15-16H2. The largest absolute Gasteiger partial charge is 0.587 e. The number of rotatable bonds is 5. The second kappa shape index (κ2) is 7.77. The second-order valence-electron chi connectivity index (χ2n) is 7.21. The van der Waals surface area contributed by atoms with Gasteiger partial charge in [0.25, 0.3) is 0 Å². The second-order valence-corrected chi connectivity index (χ2v) is 8.73. The van der Waals surface area contributed by atoms with E-state index >= 15 is 0 Å². The molecule has 0 unspecified atom stereocenters. The lowest BCUT2D eigenvalue weighted by molar-refractivity contribution is 0.198. The summed E-state index contributed by atoms with van der Waals surface area (Å²) in [6.07, 6.45) is 1.12. The number of phosphoric acid groups is 1. The Labute approximate surface area is 174 Å². The lowest BCUT2D eigenvalue weighted by Gasteiger charge is -2.17. The quantitative estimate of drug-likeness (QED) is 0.302. The zero-order chi connectivity index (χ0) is 20.6. The van der Waals surface area contributed by atoms with Crippen LogP contribution in [0.15, 0.2) is 72.8 Å². The fourth-order valence-electron chi connectivity index (χ4n) is 3.87. The van der Waals surface area contributed by atoms with E-state index < -0.39 is 7.82 Å². The summed E-state index contributed by atoms with van der Waals surface area (Å²) in [5, 5.41) is 13.1. The maximum absolute atomic E-state index is 13.5. The third-order valence-corrected chi connectivity index (χ3v) is 6.59. The van der Waals surface area contributed by atoms with E-state index in [9.17, 15) is 4.57 Å². The van der Waals surface area contributed by atoms with E-state index in [0.29, 0.717) is 24.3 Å². The van der Waals surface area contributed by atoms with Gasteiger partial charge in [-0.2, -0.15) is 0 Å². The van der Waals surface area contributed by atoms with Crippen LogP contribution in [0, 0.1) is 0 Å². The fraction of sp³-hybridized carbons (Fsp3) is 0.167. The van der Waals surface area contributed by atoms with Crippen molar-refractivity contribution in [2.24, 2.45) is 0 Å². The van der Waals surface area contributed by atoms with Crippen molar-refractivity contribution in [3.63, 3.8) is 0 Å². The number of unbranched alkanes of at least 4 members (excludes halogenated alkanes) is 1. The van der Waals surface area contributed by atoms with Crippen LogP contribution in [-0.4, -0.2) is 18.3 Å². The zero-order valence-corrected chi connectivity index (χ0v) is 17.2. The van der Waals surface area contributed by atoms with E-state index in [-0.39, 0.29) is 13.2 Å². The molecule has 0 saturated heterocycles. The van der Waals surface area contributed by atoms with Crippen LogP contribution in [0.3, 0.4) is 0 Å². The van der Waals surface area contributed by atoms with Crippen molar-refractivity contribution in [1.29, 1.82) is 0 Å². The van der Waals surface area contributed by atoms with Crippen molar-refractivity contribution in [2.45, 2.75) is 12.8 Å². The summed E-state index contributed by atoms with van der Waals surface area (Å²) in [4.78, 5) is 0. The van der Waals surface area contributed by atoms with Gasteiger partial charge in [0.2, 0.25) is 0 Å². The molecule has 0 bridgehead atoms. The van der Waals surface area contributed by atoms with Crippen LogP contribution < -0.4 is 9.05 Å². The molecule has 152 valence electrons. The molecule has 5 rings (SSSR count). The molecule has 5 nitrogen and oxygen atoms in total. The molecule has 0 atom stereocenters. The van der Waals surface area contributed by atoms with Crippen LogP contribution in [0.25, 0.3) is 32.7 Å². The number of benzene rings is 4. The number of phosphoric ester groups is 1. The molecule has 0 radical (unpaired) electrons. The lowest BCUT2D eigenvalue weighted by atomic mass is 9.92. The van der Waals surface area contributed by atoms with Crippen LogP contribution in [0.1, 0.15) is 12.8 Å². The average molecular weight is 420 g/mol. The highest BCUT2D eigenvalue weighted by Crippen LogP contribution is 2.59. The van der Waals surface area contributed by atoms with Gasteiger partial charge in [0.1, 0.15) is 11.5 Å². The normalized spacial score (nSPS) is 14.4. The highest BCUT2D eigenvalue weighted by molar-refractivity contribution is 7.49. The first-order valence-corrected chi connectivity index (χ1v) is 11.4. The molecule has 0 spiro atoms. The van der Waals surface area contributed by atoms with Gasteiger partial charge in [-0.1, -0.05) is 60.7 Å². The van der Waals surface area contributed by atoms with Crippen molar-refractivity contribution in [1.82, 2.24) is 0 Å². The Morgan fingerprint density at radius 1 is 0.733 bits per heavy atom. The number of fused-ring (bicyclic) bond motifs is 7. The summed E-state index contributed by atoms with van der Waals surface area (Å²) in [6.45, 7) is 0.225. The van der Waals surface area contributed by atoms with Crippen molar-refractivity contribution in [3.05, 3.63) is 72.8 Å². The highest BCUT2D eigenvalue weighted by Gasteiger charge is 2.37. The van der Waals surface area contributed by atoms with E-state index in [1.54, 1.807) is 0 Å². The summed E-state index contributed by atoms with van der Waals surface area (Å²) in [5.41, 5.74) is 1.69. The van der Waals surface area contributed by atoms with Crippen molar-refractivity contribution >= 4 is 29.4 Å². The van der Waals surface area contributed by atoms with Gasteiger partial charge in [-0.25, -0.2) is 4.57 Å². The summed E-state index contributed by atoms with van der Waals surface area (Å²) in [7, 11) is -3.90. The average Bonchev–Trinajstić information content (AvgIpc) is 2.90. The van der Waals surface area contributed by atoms with E-state index in [2.05, 4.69) is 0 Å². The molecule has 30 heavy (non-hydrogen) atoms. The number of aliphatic hydroxyl groups excluding tert-OH is 1. The molecule has 1 aliphatic heterocycles. The smallest absolute Gasteiger partial charge is 0.396 e. The van der Waals surface area contributed by atoms with Gasteiger partial charge in [0, 0.05) is 17.7 Å². The van der Waals surface area contributed by atoms with Crippen molar-refractivity contribution < 1.29 is 23.2 Å². The monoisotopic (exact) mass is 420 g/mol. The molecule has 0 saturated carbocycles. The molecule has 1 aliphatic rings. The molecule has 0 fully saturated rings. The molecule has 1 heterocycles. The van der Waals surface area contributed by atoms with Crippen LogP contribution in [0.5, 0.6) is 11.5 Å². The predicted octanol–water partition coefficient (Wildman–Crippen LogP) is 6.33. The molecule has 0 aliphatic carbocycles. The molecule has 0 amide bonds. The minimum Gasteiger partial charge on any atom is -0.396 e.